The molecule has 0 aliphatic rings. The highest BCUT2D eigenvalue weighted by Crippen LogP contribution is 2.38. The standard InChI is InChI=1S/C39H80NO7P/c1-6-8-10-12-14-15-16-17-18-19-20-21-22-23-24-25-26-27-29-31-34-44-36-38(47-39(41)32-30-28-13-11-9-7-2)37-46-48(42,43)45-35-33-40(3,4)5/h38H,6-37H2,1-5H3. The molecule has 9 heteroatoms. The van der Waals surface area contributed by atoms with Gasteiger partial charge in [-0.1, -0.05) is 168 Å². The van der Waals surface area contributed by atoms with Crippen molar-refractivity contribution in [2.75, 3.05) is 54.1 Å². The lowest BCUT2D eigenvalue weighted by atomic mass is 10.0. The van der Waals surface area contributed by atoms with Crippen molar-refractivity contribution < 1.29 is 37.3 Å². The van der Waals surface area contributed by atoms with Crippen molar-refractivity contribution in [1.82, 2.24) is 0 Å². The van der Waals surface area contributed by atoms with Gasteiger partial charge < -0.3 is 27.9 Å². The number of unbranched alkanes of at least 4 members (excludes halogenated alkanes) is 24. The van der Waals surface area contributed by atoms with E-state index in [-0.39, 0.29) is 25.8 Å². The number of esters is 1. The summed E-state index contributed by atoms with van der Waals surface area (Å²) in [4.78, 5) is 24.7. The van der Waals surface area contributed by atoms with Crippen molar-refractivity contribution in [3.05, 3.63) is 0 Å². The molecule has 8 nitrogen and oxygen atoms in total. The van der Waals surface area contributed by atoms with E-state index in [0.717, 1.165) is 32.1 Å². The summed E-state index contributed by atoms with van der Waals surface area (Å²) in [6.07, 6.45) is 32.8. The lowest BCUT2D eigenvalue weighted by molar-refractivity contribution is -0.870. The lowest BCUT2D eigenvalue weighted by Crippen LogP contribution is -2.37. The van der Waals surface area contributed by atoms with E-state index in [1.165, 1.54) is 135 Å². The van der Waals surface area contributed by atoms with Crippen LogP contribution in [0.2, 0.25) is 0 Å². The Bertz CT molecular complexity index is 746. The minimum Gasteiger partial charge on any atom is -0.756 e. The highest BCUT2D eigenvalue weighted by atomic mass is 31.2. The molecule has 2 atom stereocenters. The SMILES string of the molecule is CCCCCCCCCCCCCCCCCCCCCCOCC(COP(=O)([O-])OCC[N+](C)(C)C)OC(=O)CCCCCCCC. The number of rotatable bonds is 38. The Kier molecular flexibility index (Phi) is 33.3. The fraction of sp³-hybridized carbons (Fsp3) is 0.974. The fourth-order valence-electron chi connectivity index (χ4n) is 5.72. The molecule has 0 aromatic heterocycles. The quantitative estimate of drug-likeness (QED) is 0.0273. The number of hydrogen-bond acceptors (Lipinski definition) is 7. The second-order valence-corrected chi connectivity index (χ2v) is 16.4. The second-order valence-electron chi connectivity index (χ2n) is 15.0. The highest BCUT2D eigenvalue weighted by Gasteiger charge is 2.20. The zero-order chi connectivity index (χ0) is 35.6. The number of hydrogen-bond donors (Lipinski definition) is 0. The van der Waals surface area contributed by atoms with Crippen LogP contribution in [0.3, 0.4) is 0 Å². The van der Waals surface area contributed by atoms with Crippen molar-refractivity contribution in [2.24, 2.45) is 0 Å². The number of likely N-dealkylation sites (N-methyl/N-ethyl adjacent to an activating group) is 1. The second kappa shape index (κ2) is 33.6. The van der Waals surface area contributed by atoms with Crippen LogP contribution in [0.25, 0.3) is 0 Å². The average molecular weight is 706 g/mol. The molecule has 0 heterocycles. The van der Waals surface area contributed by atoms with Crippen molar-refractivity contribution in [3.63, 3.8) is 0 Å². The molecule has 0 N–H and O–H groups in total. The molecular formula is C39H80NO7P. The molecule has 0 rings (SSSR count). The van der Waals surface area contributed by atoms with Gasteiger partial charge in [-0.2, -0.15) is 0 Å². The van der Waals surface area contributed by atoms with E-state index in [2.05, 4.69) is 13.8 Å². The minimum atomic E-state index is -4.50. The van der Waals surface area contributed by atoms with E-state index in [9.17, 15) is 14.3 Å². The first-order valence-corrected chi connectivity index (χ1v) is 21.7. The molecule has 0 fully saturated rings. The Morgan fingerprint density at radius 3 is 1.38 bits per heavy atom. The van der Waals surface area contributed by atoms with E-state index < -0.39 is 13.9 Å². The number of carbonyl (C=O) groups excluding carboxylic acids is 1. The van der Waals surface area contributed by atoms with E-state index >= 15 is 0 Å². The maximum Gasteiger partial charge on any atom is 0.306 e. The van der Waals surface area contributed by atoms with Gasteiger partial charge in [-0.15, -0.1) is 0 Å². The van der Waals surface area contributed by atoms with Gasteiger partial charge in [0, 0.05) is 13.0 Å². The predicted octanol–water partition coefficient (Wildman–Crippen LogP) is 10.7. The van der Waals surface area contributed by atoms with Crippen LogP contribution in [0, 0.1) is 0 Å². The number of quaternary nitrogens is 1. The van der Waals surface area contributed by atoms with Crippen molar-refractivity contribution in [2.45, 2.75) is 193 Å². The van der Waals surface area contributed by atoms with Gasteiger partial charge >= 0.3 is 5.97 Å². The molecule has 2 unspecified atom stereocenters. The molecule has 0 amide bonds. The largest absolute Gasteiger partial charge is 0.756 e. The Labute approximate surface area is 298 Å². The summed E-state index contributed by atoms with van der Waals surface area (Å²) in [6.45, 7) is 5.38. The molecule has 0 aromatic carbocycles. The molecule has 0 aliphatic heterocycles. The number of phosphoric ester groups is 1. The fourth-order valence-corrected chi connectivity index (χ4v) is 6.45. The van der Waals surface area contributed by atoms with Gasteiger partial charge in [0.15, 0.2) is 0 Å². The lowest BCUT2D eigenvalue weighted by Gasteiger charge is -2.28. The van der Waals surface area contributed by atoms with E-state index in [1.54, 1.807) is 0 Å². The van der Waals surface area contributed by atoms with Gasteiger partial charge in [0.25, 0.3) is 7.82 Å². The van der Waals surface area contributed by atoms with E-state index in [0.29, 0.717) is 24.1 Å². The number of phosphoric acid groups is 1. The summed E-state index contributed by atoms with van der Waals surface area (Å²) < 4.78 is 34.3. The number of ether oxygens (including phenoxy) is 2. The van der Waals surface area contributed by atoms with Crippen molar-refractivity contribution in [1.29, 1.82) is 0 Å². The van der Waals surface area contributed by atoms with Gasteiger partial charge in [0.1, 0.15) is 19.3 Å². The maximum atomic E-state index is 12.5. The number of carbonyl (C=O) groups is 1. The van der Waals surface area contributed by atoms with Gasteiger partial charge in [-0.05, 0) is 12.8 Å². The Hall–Kier alpha value is -0.500. The summed E-state index contributed by atoms with van der Waals surface area (Å²) in [5.74, 6) is -0.340. The third-order valence-corrected chi connectivity index (χ3v) is 9.87. The summed E-state index contributed by atoms with van der Waals surface area (Å²) >= 11 is 0. The summed E-state index contributed by atoms with van der Waals surface area (Å²) in [6, 6.07) is 0. The van der Waals surface area contributed by atoms with Crippen LogP contribution < -0.4 is 4.89 Å². The zero-order valence-corrected chi connectivity index (χ0v) is 33.4. The molecule has 0 aromatic rings. The first-order valence-electron chi connectivity index (χ1n) is 20.3. The molecule has 0 saturated heterocycles. The highest BCUT2D eigenvalue weighted by molar-refractivity contribution is 7.45. The summed E-state index contributed by atoms with van der Waals surface area (Å²) in [5.41, 5.74) is 0. The predicted molar refractivity (Wildman–Crippen MR) is 199 cm³/mol. The summed E-state index contributed by atoms with van der Waals surface area (Å²) in [5, 5.41) is 0. The topological polar surface area (TPSA) is 94.1 Å². The van der Waals surface area contributed by atoms with Crippen LogP contribution in [0.1, 0.15) is 187 Å². The number of nitrogens with zero attached hydrogens (tertiary/aromatic N) is 1. The van der Waals surface area contributed by atoms with Crippen LogP contribution in [0.4, 0.5) is 0 Å². The first-order chi connectivity index (χ1) is 23.1. The van der Waals surface area contributed by atoms with Gasteiger partial charge in [0.2, 0.25) is 0 Å². The maximum absolute atomic E-state index is 12.5. The third-order valence-electron chi connectivity index (χ3n) is 8.91. The van der Waals surface area contributed by atoms with Gasteiger partial charge in [0.05, 0.1) is 34.4 Å². The summed E-state index contributed by atoms with van der Waals surface area (Å²) in [7, 11) is 1.37. The molecule has 0 radical (unpaired) electrons. The molecule has 0 aliphatic carbocycles. The van der Waals surface area contributed by atoms with Crippen LogP contribution in [-0.2, 0) is 27.9 Å². The van der Waals surface area contributed by atoms with Crippen LogP contribution >= 0.6 is 7.82 Å². The Morgan fingerprint density at radius 2 is 0.958 bits per heavy atom. The Balaban J connectivity index is 4.00. The Morgan fingerprint density at radius 1 is 0.562 bits per heavy atom. The van der Waals surface area contributed by atoms with E-state index in [4.69, 9.17) is 18.5 Å². The molecule has 48 heavy (non-hydrogen) atoms. The molecule has 0 bridgehead atoms. The van der Waals surface area contributed by atoms with Gasteiger partial charge in [-0.25, -0.2) is 0 Å². The van der Waals surface area contributed by atoms with Crippen LogP contribution in [0.5, 0.6) is 0 Å². The van der Waals surface area contributed by atoms with Crippen LogP contribution in [-0.4, -0.2) is 70.7 Å². The monoisotopic (exact) mass is 706 g/mol. The van der Waals surface area contributed by atoms with E-state index in [1.807, 2.05) is 21.1 Å². The van der Waals surface area contributed by atoms with Crippen LogP contribution in [0.15, 0.2) is 0 Å². The molecular weight excluding hydrogens is 625 g/mol. The smallest absolute Gasteiger partial charge is 0.306 e. The molecule has 0 saturated carbocycles. The first kappa shape index (κ1) is 47.5. The van der Waals surface area contributed by atoms with Gasteiger partial charge in [-0.3, -0.25) is 9.36 Å². The normalized spacial score (nSPS) is 13.9. The average Bonchev–Trinajstić information content (AvgIpc) is 3.03. The zero-order valence-electron chi connectivity index (χ0n) is 32.5. The minimum absolute atomic E-state index is 0.0305. The molecule has 0 spiro atoms. The molecule has 288 valence electrons. The van der Waals surface area contributed by atoms with Crippen molar-refractivity contribution in [3.8, 4) is 0 Å². The third kappa shape index (κ3) is 36.8. The van der Waals surface area contributed by atoms with Crippen molar-refractivity contribution >= 4 is 13.8 Å².